The van der Waals surface area contributed by atoms with Crippen LogP contribution in [0, 0.1) is 0 Å². The number of imidazole rings is 1. The maximum Gasteiger partial charge on any atom is 0.124 e. The Morgan fingerprint density at radius 1 is 1.30 bits per heavy atom. The minimum atomic E-state index is 0.359. The van der Waals surface area contributed by atoms with E-state index in [0.717, 1.165) is 22.6 Å². The number of ether oxygens (including phenoxy) is 1. The molecule has 108 valence electrons. The van der Waals surface area contributed by atoms with Gasteiger partial charge in [-0.25, -0.2) is 4.98 Å². The average molecular weight is 273 g/mol. The lowest BCUT2D eigenvalue weighted by atomic mass is 10.1. The van der Waals surface area contributed by atoms with Crippen LogP contribution in [-0.4, -0.2) is 34.6 Å². The first-order chi connectivity index (χ1) is 9.78. The second kappa shape index (κ2) is 5.83. The first-order valence-electron chi connectivity index (χ1n) is 7.64. The molecule has 1 unspecified atom stereocenters. The van der Waals surface area contributed by atoms with Gasteiger partial charge in [0.1, 0.15) is 11.6 Å². The summed E-state index contributed by atoms with van der Waals surface area (Å²) in [6.07, 6.45) is 3.97. The summed E-state index contributed by atoms with van der Waals surface area (Å²) in [6.45, 7) is 7.30. The molecule has 0 aliphatic carbocycles. The molecule has 2 aromatic rings. The molecule has 2 heterocycles. The number of benzene rings is 1. The van der Waals surface area contributed by atoms with E-state index in [1.54, 1.807) is 0 Å². The van der Waals surface area contributed by atoms with Gasteiger partial charge in [0.15, 0.2) is 0 Å². The fraction of sp³-hybridized carbons (Fsp3) is 0.562. The highest BCUT2D eigenvalue weighted by Gasteiger charge is 2.20. The SMILES string of the molecule is CCOc1ccc2nc(C(C)N3CCCCC3)[nH]c2c1. The second-order valence-corrected chi connectivity index (χ2v) is 5.51. The average Bonchev–Trinajstić information content (AvgIpc) is 2.91. The first kappa shape index (κ1) is 13.4. The van der Waals surface area contributed by atoms with Crippen LogP contribution in [0.4, 0.5) is 0 Å². The third kappa shape index (κ3) is 2.66. The number of hydrogen-bond acceptors (Lipinski definition) is 3. The Morgan fingerprint density at radius 2 is 2.10 bits per heavy atom. The molecule has 0 saturated carbocycles. The molecular weight excluding hydrogens is 250 g/mol. The molecule has 4 nitrogen and oxygen atoms in total. The minimum absolute atomic E-state index is 0.359. The Bertz CT molecular complexity index is 572. The highest BCUT2D eigenvalue weighted by Crippen LogP contribution is 2.25. The van der Waals surface area contributed by atoms with E-state index in [4.69, 9.17) is 9.72 Å². The summed E-state index contributed by atoms with van der Waals surface area (Å²) in [5, 5.41) is 0. The van der Waals surface area contributed by atoms with E-state index in [9.17, 15) is 0 Å². The third-order valence-electron chi connectivity index (χ3n) is 4.12. The van der Waals surface area contributed by atoms with Crippen molar-refractivity contribution >= 4 is 11.0 Å². The lowest BCUT2D eigenvalue weighted by Gasteiger charge is -2.31. The van der Waals surface area contributed by atoms with Crippen molar-refractivity contribution in [1.82, 2.24) is 14.9 Å². The molecule has 1 aliphatic heterocycles. The molecule has 1 saturated heterocycles. The molecule has 0 spiro atoms. The van der Waals surface area contributed by atoms with Crippen molar-refractivity contribution in [3.05, 3.63) is 24.0 Å². The van der Waals surface area contributed by atoms with Crippen LogP contribution in [0.1, 0.15) is 45.0 Å². The zero-order valence-corrected chi connectivity index (χ0v) is 12.4. The topological polar surface area (TPSA) is 41.1 Å². The second-order valence-electron chi connectivity index (χ2n) is 5.51. The van der Waals surface area contributed by atoms with Crippen molar-refractivity contribution in [1.29, 1.82) is 0 Å². The molecule has 0 amide bonds. The van der Waals surface area contributed by atoms with Gasteiger partial charge in [0.25, 0.3) is 0 Å². The number of aromatic nitrogens is 2. The largest absolute Gasteiger partial charge is 0.494 e. The number of H-pyrrole nitrogens is 1. The number of likely N-dealkylation sites (tertiary alicyclic amines) is 1. The number of hydrogen-bond donors (Lipinski definition) is 1. The predicted molar refractivity (Wildman–Crippen MR) is 81.1 cm³/mol. The number of nitrogens with one attached hydrogen (secondary N) is 1. The third-order valence-corrected chi connectivity index (χ3v) is 4.12. The van der Waals surface area contributed by atoms with E-state index in [2.05, 4.69) is 16.8 Å². The van der Waals surface area contributed by atoms with Gasteiger partial charge in [-0.3, -0.25) is 4.90 Å². The van der Waals surface area contributed by atoms with Crippen LogP contribution in [0.2, 0.25) is 0 Å². The smallest absolute Gasteiger partial charge is 0.124 e. The van der Waals surface area contributed by atoms with Crippen LogP contribution in [0.25, 0.3) is 11.0 Å². The van der Waals surface area contributed by atoms with Gasteiger partial charge >= 0.3 is 0 Å². The highest BCUT2D eigenvalue weighted by molar-refractivity contribution is 5.76. The lowest BCUT2D eigenvalue weighted by molar-refractivity contribution is 0.169. The summed E-state index contributed by atoms with van der Waals surface area (Å²) in [7, 11) is 0. The molecule has 1 aliphatic rings. The van der Waals surface area contributed by atoms with E-state index in [1.165, 1.54) is 32.4 Å². The highest BCUT2D eigenvalue weighted by atomic mass is 16.5. The quantitative estimate of drug-likeness (QED) is 0.926. The molecule has 1 aromatic carbocycles. The Labute approximate surface area is 120 Å². The zero-order valence-electron chi connectivity index (χ0n) is 12.4. The molecule has 0 bridgehead atoms. The number of fused-ring (bicyclic) bond motifs is 1. The summed E-state index contributed by atoms with van der Waals surface area (Å²) in [4.78, 5) is 10.7. The van der Waals surface area contributed by atoms with Gasteiger partial charge in [-0.05, 0) is 51.9 Å². The Morgan fingerprint density at radius 3 is 2.85 bits per heavy atom. The maximum atomic E-state index is 5.54. The van der Waals surface area contributed by atoms with Crippen LogP contribution < -0.4 is 4.74 Å². The lowest BCUT2D eigenvalue weighted by Crippen LogP contribution is -2.32. The summed E-state index contributed by atoms with van der Waals surface area (Å²) in [5.41, 5.74) is 2.09. The normalized spacial score (nSPS) is 18.3. The first-order valence-corrected chi connectivity index (χ1v) is 7.64. The van der Waals surface area contributed by atoms with Crippen molar-refractivity contribution in [3.63, 3.8) is 0 Å². The van der Waals surface area contributed by atoms with Crippen molar-refractivity contribution in [2.45, 2.75) is 39.2 Å². The maximum absolute atomic E-state index is 5.54. The van der Waals surface area contributed by atoms with Gasteiger partial charge in [-0.15, -0.1) is 0 Å². The molecule has 1 fully saturated rings. The van der Waals surface area contributed by atoms with Crippen LogP contribution >= 0.6 is 0 Å². The summed E-state index contributed by atoms with van der Waals surface area (Å²) >= 11 is 0. The fourth-order valence-electron chi connectivity index (χ4n) is 2.94. The number of piperidine rings is 1. The standard InChI is InChI=1S/C16H23N3O/c1-3-20-13-7-8-14-15(11-13)18-16(17-14)12(2)19-9-5-4-6-10-19/h7-8,11-12H,3-6,9-10H2,1-2H3,(H,17,18). The monoisotopic (exact) mass is 273 g/mol. The van der Waals surface area contributed by atoms with Crippen molar-refractivity contribution in [2.24, 2.45) is 0 Å². The van der Waals surface area contributed by atoms with Gasteiger partial charge < -0.3 is 9.72 Å². The molecule has 20 heavy (non-hydrogen) atoms. The summed E-state index contributed by atoms with van der Waals surface area (Å²) < 4.78 is 5.54. The molecular formula is C16H23N3O. The van der Waals surface area contributed by atoms with Gasteiger partial charge in [0.05, 0.1) is 23.7 Å². The van der Waals surface area contributed by atoms with Crippen LogP contribution in [0.5, 0.6) is 5.75 Å². The summed E-state index contributed by atoms with van der Waals surface area (Å²) in [6, 6.07) is 6.42. The predicted octanol–water partition coefficient (Wildman–Crippen LogP) is 3.51. The Balaban J connectivity index is 1.84. The van der Waals surface area contributed by atoms with E-state index >= 15 is 0 Å². The molecule has 4 heteroatoms. The number of nitrogens with zero attached hydrogens (tertiary/aromatic N) is 2. The Kier molecular flexibility index (Phi) is 3.92. The number of aromatic amines is 1. The molecule has 0 radical (unpaired) electrons. The van der Waals surface area contributed by atoms with Gasteiger partial charge in [-0.2, -0.15) is 0 Å². The van der Waals surface area contributed by atoms with Crippen LogP contribution in [0.3, 0.4) is 0 Å². The zero-order chi connectivity index (χ0) is 13.9. The molecule has 1 atom stereocenters. The van der Waals surface area contributed by atoms with E-state index < -0.39 is 0 Å². The van der Waals surface area contributed by atoms with Crippen molar-refractivity contribution in [3.8, 4) is 5.75 Å². The van der Waals surface area contributed by atoms with E-state index in [-0.39, 0.29) is 0 Å². The van der Waals surface area contributed by atoms with Crippen molar-refractivity contribution in [2.75, 3.05) is 19.7 Å². The van der Waals surface area contributed by atoms with E-state index in [0.29, 0.717) is 12.6 Å². The fourth-order valence-corrected chi connectivity index (χ4v) is 2.94. The van der Waals surface area contributed by atoms with Crippen molar-refractivity contribution < 1.29 is 4.74 Å². The molecule has 3 rings (SSSR count). The van der Waals surface area contributed by atoms with Gasteiger partial charge in [-0.1, -0.05) is 6.42 Å². The van der Waals surface area contributed by atoms with Gasteiger partial charge in [0, 0.05) is 6.07 Å². The molecule has 1 aromatic heterocycles. The van der Waals surface area contributed by atoms with Gasteiger partial charge in [0.2, 0.25) is 0 Å². The minimum Gasteiger partial charge on any atom is -0.494 e. The van der Waals surface area contributed by atoms with Crippen LogP contribution in [-0.2, 0) is 0 Å². The van der Waals surface area contributed by atoms with Crippen LogP contribution in [0.15, 0.2) is 18.2 Å². The molecule has 1 N–H and O–H groups in total. The summed E-state index contributed by atoms with van der Waals surface area (Å²) in [5.74, 6) is 1.97. The van der Waals surface area contributed by atoms with E-state index in [1.807, 2.05) is 25.1 Å². The number of rotatable bonds is 4. The Hall–Kier alpha value is -1.55.